The number of carbonyl (C=O) groups excluding carboxylic acids is 1. The van der Waals surface area contributed by atoms with Crippen LogP contribution in [0.1, 0.15) is 55.3 Å². The van der Waals surface area contributed by atoms with Crippen molar-refractivity contribution in [3.05, 3.63) is 42.0 Å². The minimum absolute atomic E-state index is 0.179. The molecule has 4 heteroatoms. The fraction of sp³-hybridized carbons (Fsp3) is 0.560. The van der Waals surface area contributed by atoms with Crippen molar-refractivity contribution in [2.75, 3.05) is 44.2 Å². The standard InChI is InChI=1S/C25H33N3O/c29-25-22-12-6-8-20-9-7-13-23(24(20)22)28(25)15-5-4-14-26-16-18-27(19-17-26)21-10-2-1-3-11-21/h6-9,12-13,21H,1-5,10-11,14-19H2. The Kier molecular flexibility index (Phi) is 5.56. The number of hydrogen-bond acceptors (Lipinski definition) is 3. The Morgan fingerprint density at radius 2 is 1.55 bits per heavy atom. The first-order valence-electron chi connectivity index (χ1n) is 11.6. The summed E-state index contributed by atoms with van der Waals surface area (Å²) in [6.45, 7) is 6.90. The zero-order valence-corrected chi connectivity index (χ0v) is 17.5. The second-order valence-electron chi connectivity index (χ2n) is 9.01. The average molecular weight is 392 g/mol. The van der Waals surface area contributed by atoms with Crippen LogP contribution in [0.5, 0.6) is 0 Å². The molecule has 1 amide bonds. The number of benzene rings is 2. The minimum atomic E-state index is 0.179. The van der Waals surface area contributed by atoms with Crippen LogP contribution in [0.25, 0.3) is 10.8 Å². The lowest BCUT2D eigenvalue weighted by atomic mass is 9.94. The van der Waals surface area contributed by atoms with Crippen molar-refractivity contribution in [3.63, 3.8) is 0 Å². The molecule has 1 saturated carbocycles. The van der Waals surface area contributed by atoms with E-state index in [-0.39, 0.29) is 5.91 Å². The summed E-state index contributed by atoms with van der Waals surface area (Å²) in [6.07, 6.45) is 9.36. The molecule has 5 rings (SSSR count). The molecule has 2 aromatic rings. The highest BCUT2D eigenvalue weighted by atomic mass is 16.2. The third-order valence-corrected chi connectivity index (χ3v) is 7.25. The maximum atomic E-state index is 12.9. The molecular weight excluding hydrogens is 358 g/mol. The lowest BCUT2D eigenvalue weighted by Crippen LogP contribution is -2.50. The summed E-state index contributed by atoms with van der Waals surface area (Å²) < 4.78 is 0. The zero-order valence-electron chi connectivity index (χ0n) is 17.5. The van der Waals surface area contributed by atoms with Gasteiger partial charge in [-0.3, -0.25) is 9.69 Å². The molecule has 0 bridgehead atoms. The van der Waals surface area contributed by atoms with E-state index >= 15 is 0 Å². The Morgan fingerprint density at radius 3 is 2.34 bits per heavy atom. The molecule has 0 N–H and O–H groups in total. The Morgan fingerprint density at radius 1 is 0.828 bits per heavy atom. The maximum absolute atomic E-state index is 12.9. The van der Waals surface area contributed by atoms with Gasteiger partial charge in [-0.05, 0) is 49.7 Å². The van der Waals surface area contributed by atoms with Gasteiger partial charge < -0.3 is 9.80 Å². The van der Waals surface area contributed by atoms with E-state index in [2.05, 4.69) is 34.1 Å². The van der Waals surface area contributed by atoms with Gasteiger partial charge in [-0.2, -0.15) is 0 Å². The molecule has 0 unspecified atom stereocenters. The van der Waals surface area contributed by atoms with Crippen molar-refractivity contribution in [2.45, 2.75) is 51.0 Å². The van der Waals surface area contributed by atoms with E-state index in [1.807, 2.05) is 17.0 Å². The van der Waals surface area contributed by atoms with E-state index in [0.717, 1.165) is 42.2 Å². The Balaban J connectivity index is 1.09. The molecule has 3 aliphatic rings. The number of anilines is 1. The molecule has 4 nitrogen and oxygen atoms in total. The number of hydrogen-bond donors (Lipinski definition) is 0. The van der Waals surface area contributed by atoms with E-state index < -0.39 is 0 Å². The number of rotatable bonds is 6. The Labute approximate surface area is 174 Å². The van der Waals surface area contributed by atoms with Gasteiger partial charge in [0.1, 0.15) is 0 Å². The third kappa shape index (κ3) is 3.80. The van der Waals surface area contributed by atoms with Gasteiger partial charge in [0.15, 0.2) is 0 Å². The SMILES string of the molecule is O=C1c2cccc3cccc(c23)N1CCCCN1CCN(C2CCCCC2)CC1. The van der Waals surface area contributed by atoms with Crippen LogP contribution in [0.3, 0.4) is 0 Å². The molecule has 0 atom stereocenters. The van der Waals surface area contributed by atoms with Crippen molar-refractivity contribution in [3.8, 4) is 0 Å². The molecule has 0 aromatic heterocycles. The van der Waals surface area contributed by atoms with Crippen LogP contribution < -0.4 is 4.90 Å². The molecule has 2 heterocycles. The first kappa shape index (κ1) is 19.1. The number of carbonyl (C=O) groups is 1. The lowest BCUT2D eigenvalue weighted by Gasteiger charge is -2.40. The summed E-state index contributed by atoms with van der Waals surface area (Å²) in [5.74, 6) is 0.179. The quantitative estimate of drug-likeness (QED) is 0.677. The van der Waals surface area contributed by atoms with Gasteiger partial charge in [0.25, 0.3) is 5.91 Å². The maximum Gasteiger partial charge on any atom is 0.258 e. The van der Waals surface area contributed by atoms with E-state index in [9.17, 15) is 4.79 Å². The second-order valence-corrected chi connectivity index (χ2v) is 9.01. The molecule has 2 aromatic carbocycles. The number of amides is 1. The second kappa shape index (κ2) is 8.45. The first-order valence-corrected chi connectivity index (χ1v) is 11.6. The first-order chi connectivity index (χ1) is 14.3. The fourth-order valence-corrected chi connectivity index (χ4v) is 5.60. The minimum Gasteiger partial charge on any atom is -0.308 e. The van der Waals surface area contributed by atoms with Gasteiger partial charge in [0.05, 0.1) is 5.69 Å². The van der Waals surface area contributed by atoms with Crippen LogP contribution in [-0.4, -0.2) is 61.0 Å². The lowest BCUT2D eigenvalue weighted by molar-refractivity contribution is 0.0782. The largest absolute Gasteiger partial charge is 0.308 e. The van der Waals surface area contributed by atoms with E-state index in [0.29, 0.717) is 0 Å². The van der Waals surface area contributed by atoms with E-state index in [1.54, 1.807) is 0 Å². The molecule has 154 valence electrons. The smallest absolute Gasteiger partial charge is 0.258 e. The van der Waals surface area contributed by atoms with Gasteiger partial charge in [0.2, 0.25) is 0 Å². The summed E-state index contributed by atoms with van der Waals surface area (Å²) in [6, 6.07) is 13.2. The molecule has 29 heavy (non-hydrogen) atoms. The summed E-state index contributed by atoms with van der Waals surface area (Å²) in [5, 5.41) is 2.31. The van der Waals surface area contributed by atoms with Crippen molar-refractivity contribution in [1.82, 2.24) is 9.80 Å². The monoisotopic (exact) mass is 391 g/mol. The van der Waals surface area contributed by atoms with Gasteiger partial charge in [-0.15, -0.1) is 0 Å². The highest BCUT2D eigenvalue weighted by Crippen LogP contribution is 2.37. The molecule has 2 fully saturated rings. The topological polar surface area (TPSA) is 26.8 Å². The van der Waals surface area contributed by atoms with Crippen molar-refractivity contribution < 1.29 is 4.79 Å². The van der Waals surface area contributed by atoms with Crippen LogP contribution >= 0.6 is 0 Å². The fourth-order valence-electron chi connectivity index (χ4n) is 5.60. The van der Waals surface area contributed by atoms with E-state index in [4.69, 9.17) is 0 Å². The van der Waals surface area contributed by atoms with Crippen LogP contribution in [0.15, 0.2) is 36.4 Å². The van der Waals surface area contributed by atoms with Crippen molar-refractivity contribution in [2.24, 2.45) is 0 Å². The summed E-state index contributed by atoms with van der Waals surface area (Å²) in [7, 11) is 0. The summed E-state index contributed by atoms with van der Waals surface area (Å²) in [4.78, 5) is 20.2. The molecule has 1 aliphatic carbocycles. The number of unbranched alkanes of at least 4 members (excludes halogenated alkanes) is 1. The van der Waals surface area contributed by atoms with Crippen LogP contribution in [0.2, 0.25) is 0 Å². The van der Waals surface area contributed by atoms with Gasteiger partial charge in [-0.1, -0.05) is 43.5 Å². The predicted octanol–water partition coefficient (Wildman–Crippen LogP) is 4.53. The summed E-state index contributed by atoms with van der Waals surface area (Å²) >= 11 is 0. The van der Waals surface area contributed by atoms with E-state index in [1.165, 1.54) is 70.1 Å². The molecule has 1 saturated heterocycles. The van der Waals surface area contributed by atoms with Crippen LogP contribution in [0.4, 0.5) is 5.69 Å². The van der Waals surface area contributed by atoms with Crippen molar-refractivity contribution >= 4 is 22.4 Å². The molecule has 0 radical (unpaired) electrons. The van der Waals surface area contributed by atoms with Crippen molar-refractivity contribution in [1.29, 1.82) is 0 Å². The van der Waals surface area contributed by atoms with Gasteiger partial charge in [0, 0.05) is 49.7 Å². The number of piperazine rings is 1. The normalized spacial score (nSPS) is 21.4. The van der Waals surface area contributed by atoms with Gasteiger partial charge in [-0.25, -0.2) is 0 Å². The highest BCUT2D eigenvalue weighted by Gasteiger charge is 2.29. The van der Waals surface area contributed by atoms with Crippen LogP contribution in [-0.2, 0) is 0 Å². The molecule has 0 spiro atoms. The van der Waals surface area contributed by atoms with Crippen LogP contribution in [0, 0.1) is 0 Å². The number of nitrogens with zero attached hydrogens (tertiary/aromatic N) is 3. The Bertz CT molecular complexity index is 860. The molecule has 2 aliphatic heterocycles. The predicted molar refractivity (Wildman–Crippen MR) is 120 cm³/mol. The average Bonchev–Trinajstić information content (AvgIpc) is 3.06. The molecular formula is C25H33N3O. The Hall–Kier alpha value is -1.91. The zero-order chi connectivity index (χ0) is 19.6. The van der Waals surface area contributed by atoms with Gasteiger partial charge >= 0.3 is 0 Å². The summed E-state index contributed by atoms with van der Waals surface area (Å²) in [5.41, 5.74) is 1.97. The highest BCUT2D eigenvalue weighted by molar-refractivity contribution is 6.24. The third-order valence-electron chi connectivity index (χ3n) is 7.25.